The Morgan fingerprint density at radius 3 is 2.48 bits per heavy atom. The summed E-state index contributed by atoms with van der Waals surface area (Å²) in [6.07, 6.45) is 1.61. The van der Waals surface area contributed by atoms with Crippen LogP contribution < -0.4 is 5.32 Å². The van der Waals surface area contributed by atoms with E-state index in [0.29, 0.717) is 16.8 Å². The van der Waals surface area contributed by atoms with E-state index in [-0.39, 0.29) is 11.7 Å². The number of benzene rings is 3. The normalized spacial score (nSPS) is 10.8. The zero-order chi connectivity index (χ0) is 17.6. The number of anilines is 1. The number of nitrogens with one attached hydrogen (secondary N) is 1. The van der Waals surface area contributed by atoms with Crippen molar-refractivity contribution >= 4 is 23.5 Å². The molecule has 0 unspecified atom stereocenters. The van der Waals surface area contributed by atoms with Crippen molar-refractivity contribution in [3.05, 3.63) is 89.5 Å². The van der Waals surface area contributed by atoms with Gasteiger partial charge in [-0.3, -0.25) is 9.79 Å². The van der Waals surface area contributed by atoms with Gasteiger partial charge in [-0.05, 0) is 55.5 Å². The summed E-state index contributed by atoms with van der Waals surface area (Å²) in [5.41, 5.74) is 3.76. The number of amides is 1. The number of carbonyl (C=O) groups is 1. The first-order valence-corrected chi connectivity index (χ1v) is 7.92. The number of para-hydroxylation sites is 1. The Morgan fingerprint density at radius 1 is 1.00 bits per heavy atom. The molecule has 0 aliphatic rings. The minimum Gasteiger partial charge on any atom is -0.507 e. The first kappa shape index (κ1) is 16.5. The molecule has 4 nitrogen and oxygen atoms in total. The number of aliphatic imine (C=N–C) groups is 1. The van der Waals surface area contributed by atoms with Gasteiger partial charge in [0, 0.05) is 23.0 Å². The van der Waals surface area contributed by atoms with Crippen molar-refractivity contribution < 1.29 is 9.90 Å². The fourth-order valence-corrected chi connectivity index (χ4v) is 2.36. The molecule has 3 aromatic carbocycles. The van der Waals surface area contributed by atoms with Gasteiger partial charge < -0.3 is 10.4 Å². The molecule has 0 atom stereocenters. The average molecular weight is 330 g/mol. The third-order valence-corrected chi connectivity index (χ3v) is 3.69. The predicted octanol–water partition coefficient (Wildman–Crippen LogP) is 4.70. The molecule has 0 bridgehead atoms. The lowest BCUT2D eigenvalue weighted by molar-refractivity contribution is 0.102. The first-order chi connectivity index (χ1) is 12.1. The number of nitrogens with zero attached hydrogens (tertiary/aromatic N) is 1. The number of rotatable bonds is 4. The van der Waals surface area contributed by atoms with Gasteiger partial charge in [-0.2, -0.15) is 0 Å². The number of phenolic OH excluding ortho intramolecular Hbond substituents is 1. The molecular formula is C21H18N2O2. The van der Waals surface area contributed by atoms with E-state index in [0.717, 1.165) is 11.3 Å². The van der Waals surface area contributed by atoms with Gasteiger partial charge in [-0.1, -0.05) is 29.8 Å². The number of hydrogen-bond donors (Lipinski definition) is 2. The molecule has 0 heterocycles. The number of hydrogen-bond acceptors (Lipinski definition) is 3. The quantitative estimate of drug-likeness (QED) is 0.681. The molecule has 0 aliphatic heterocycles. The van der Waals surface area contributed by atoms with E-state index in [1.807, 2.05) is 43.3 Å². The van der Waals surface area contributed by atoms with Gasteiger partial charge in [0.15, 0.2) is 0 Å². The second kappa shape index (κ2) is 7.45. The molecular weight excluding hydrogens is 312 g/mol. The lowest BCUT2D eigenvalue weighted by Gasteiger charge is -2.06. The van der Waals surface area contributed by atoms with E-state index in [9.17, 15) is 9.90 Å². The number of aryl methyl sites for hydroxylation is 1. The number of aromatic hydroxyl groups is 1. The fraction of sp³-hybridized carbons (Fsp3) is 0.0476. The summed E-state index contributed by atoms with van der Waals surface area (Å²) in [5, 5.41) is 12.6. The maximum Gasteiger partial charge on any atom is 0.255 e. The van der Waals surface area contributed by atoms with Crippen LogP contribution in [0.3, 0.4) is 0 Å². The molecule has 0 aromatic heterocycles. The van der Waals surface area contributed by atoms with E-state index >= 15 is 0 Å². The molecule has 0 radical (unpaired) electrons. The van der Waals surface area contributed by atoms with Gasteiger partial charge in [0.05, 0.1) is 5.69 Å². The summed E-state index contributed by atoms with van der Waals surface area (Å²) >= 11 is 0. The van der Waals surface area contributed by atoms with Gasteiger partial charge in [0.1, 0.15) is 5.75 Å². The molecule has 3 rings (SSSR count). The van der Waals surface area contributed by atoms with Crippen molar-refractivity contribution in [2.45, 2.75) is 6.92 Å². The third kappa shape index (κ3) is 4.32. The van der Waals surface area contributed by atoms with Crippen LogP contribution in [0.1, 0.15) is 21.5 Å². The highest BCUT2D eigenvalue weighted by molar-refractivity contribution is 6.04. The van der Waals surface area contributed by atoms with Crippen molar-refractivity contribution in [2.24, 2.45) is 4.99 Å². The van der Waals surface area contributed by atoms with E-state index in [1.165, 1.54) is 0 Å². The number of carbonyl (C=O) groups excluding carboxylic acids is 1. The smallest absolute Gasteiger partial charge is 0.255 e. The second-order valence-electron chi connectivity index (χ2n) is 5.69. The Morgan fingerprint density at radius 2 is 1.76 bits per heavy atom. The van der Waals surface area contributed by atoms with E-state index in [4.69, 9.17) is 0 Å². The van der Waals surface area contributed by atoms with Crippen LogP contribution >= 0.6 is 0 Å². The Labute approximate surface area is 146 Å². The molecule has 0 saturated carbocycles. The van der Waals surface area contributed by atoms with E-state index in [2.05, 4.69) is 10.3 Å². The average Bonchev–Trinajstić information content (AvgIpc) is 2.62. The van der Waals surface area contributed by atoms with Crippen LogP contribution in [-0.2, 0) is 0 Å². The molecule has 1 amide bonds. The summed E-state index contributed by atoms with van der Waals surface area (Å²) in [4.78, 5) is 16.6. The maximum absolute atomic E-state index is 12.2. The summed E-state index contributed by atoms with van der Waals surface area (Å²) in [5.74, 6) is 0.0439. The van der Waals surface area contributed by atoms with Gasteiger partial charge >= 0.3 is 0 Å². The largest absolute Gasteiger partial charge is 0.507 e. The molecule has 0 fully saturated rings. The van der Waals surface area contributed by atoms with Crippen molar-refractivity contribution in [3.63, 3.8) is 0 Å². The van der Waals surface area contributed by atoms with Crippen molar-refractivity contribution in [3.8, 4) is 5.75 Å². The fourth-order valence-electron chi connectivity index (χ4n) is 2.36. The van der Waals surface area contributed by atoms with Crippen LogP contribution in [0, 0.1) is 6.92 Å². The van der Waals surface area contributed by atoms with E-state index in [1.54, 1.807) is 42.6 Å². The molecule has 25 heavy (non-hydrogen) atoms. The SMILES string of the molecule is Cc1cccc(C(=O)Nc2ccc(N=Cc3ccccc3O)cc2)c1. The highest BCUT2D eigenvalue weighted by Gasteiger charge is 2.05. The van der Waals surface area contributed by atoms with Crippen LogP contribution in [0.15, 0.2) is 77.8 Å². The first-order valence-electron chi connectivity index (χ1n) is 7.92. The summed E-state index contributed by atoms with van der Waals surface area (Å²) in [7, 11) is 0. The molecule has 0 spiro atoms. The molecule has 4 heteroatoms. The highest BCUT2D eigenvalue weighted by atomic mass is 16.3. The lowest BCUT2D eigenvalue weighted by Crippen LogP contribution is -2.11. The van der Waals surface area contributed by atoms with Crippen molar-refractivity contribution in [1.82, 2.24) is 0 Å². The van der Waals surface area contributed by atoms with E-state index < -0.39 is 0 Å². The lowest BCUT2D eigenvalue weighted by atomic mass is 10.1. The summed E-state index contributed by atoms with van der Waals surface area (Å²) < 4.78 is 0. The Balaban J connectivity index is 1.68. The van der Waals surface area contributed by atoms with Crippen LogP contribution in [0.5, 0.6) is 5.75 Å². The van der Waals surface area contributed by atoms with Crippen LogP contribution in [0.25, 0.3) is 0 Å². The molecule has 0 aliphatic carbocycles. The molecule has 3 aromatic rings. The zero-order valence-corrected chi connectivity index (χ0v) is 13.8. The monoisotopic (exact) mass is 330 g/mol. The van der Waals surface area contributed by atoms with Gasteiger partial charge in [-0.15, -0.1) is 0 Å². The Kier molecular flexibility index (Phi) is 4.90. The van der Waals surface area contributed by atoms with Crippen LogP contribution in [0.2, 0.25) is 0 Å². The standard InChI is InChI=1S/C21H18N2O2/c1-15-5-4-7-16(13-15)21(25)23-19-11-9-18(10-12-19)22-14-17-6-2-3-8-20(17)24/h2-14,24H,1H3,(H,23,25). The summed E-state index contributed by atoms with van der Waals surface area (Å²) in [6.45, 7) is 1.95. The van der Waals surface area contributed by atoms with Gasteiger partial charge in [0.2, 0.25) is 0 Å². The van der Waals surface area contributed by atoms with Crippen molar-refractivity contribution in [2.75, 3.05) is 5.32 Å². The minimum absolute atomic E-state index is 0.144. The Bertz CT molecular complexity index is 915. The second-order valence-corrected chi connectivity index (χ2v) is 5.69. The summed E-state index contributed by atoms with van der Waals surface area (Å²) in [6, 6.07) is 21.7. The third-order valence-electron chi connectivity index (χ3n) is 3.69. The zero-order valence-electron chi connectivity index (χ0n) is 13.8. The maximum atomic E-state index is 12.2. The van der Waals surface area contributed by atoms with Crippen LogP contribution in [0.4, 0.5) is 11.4 Å². The molecule has 124 valence electrons. The van der Waals surface area contributed by atoms with Gasteiger partial charge in [-0.25, -0.2) is 0 Å². The predicted molar refractivity (Wildman–Crippen MR) is 101 cm³/mol. The Hall–Kier alpha value is -3.40. The van der Waals surface area contributed by atoms with Crippen molar-refractivity contribution in [1.29, 1.82) is 0 Å². The highest BCUT2D eigenvalue weighted by Crippen LogP contribution is 2.19. The molecule has 0 saturated heterocycles. The number of phenols is 1. The minimum atomic E-state index is -0.144. The van der Waals surface area contributed by atoms with Crippen LogP contribution in [-0.4, -0.2) is 17.2 Å². The van der Waals surface area contributed by atoms with Gasteiger partial charge in [0.25, 0.3) is 5.91 Å². The topological polar surface area (TPSA) is 61.7 Å². The molecule has 2 N–H and O–H groups in total.